The smallest absolute Gasteiger partial charge is 0.409 e. The van der Waals surface area contributed by atoms with Gasteiger partial charge in [-0.05, 0) is 25.1 Å². The van der Waals surface area contributed by atoms with Gasteiger partial charge in [0, 0.05) is 49.2 Å². The first-order valence-electron chi connectivity index (χ1n) is 10.5. The maximum Gasteiger partial charge on any atom is 0.409 e. The average Bonchev–Trinajstić information content (AvgIpc) is 2.84. The summed E-state index contributed by atoms with van der Waals surface area (Å²) in [5, 5.41) is 1.07. The molecule has 0 aliphatic carbocycles. The molecule has 1 aromatic heterocycles. The molecule has 0 atom stereocenters. The molecule has 1 saturated heterocycles. The molecule has 1 fully saturated rings. The van der Waals surface area contributed by atoms with Crippen molar-refractivity contribution in [2.24, 2.45) is 0 Å². The lowest BCUT2D eigenvalue weighted by atomic mass is 10.1. The van der Waals surface area contributed by atoms with E-state index in [9.17, 15) is 14.4 Å². The monoisotopic (exact) mass is 435 g/mol. The van der Waals surface area contributed by atoms with Crippen LogP contribution >= 0.6 is 0 Å². The molecule has 166 valence electrons. The number of amides is 2. The van der Waals surface area contributed by atoms with Gasteiger partial charge in [-0.3, -0.25) is 14.2 Å². The lowest BCUT2D eigenvalue weighted by Crippen LogP contribution is -2.50. The number of fused-ring (bicyclic) bond motifs is 1. The number of benzene rings is 2. The van der Waals surface area contributed by atoms with Crippen molar-refractivity contribution < 1.29 is 19.1 Å². The summed E-state index contributed by atoms with van der Waals surface area (Å²) in [6, 6.07) is 14.3. The van der Waals surface area contributed by atoms with Gasteiger partial charge in [-0.25, -0.2) is 4.79 Å². The van der Waals surface area contributed by atoms with Crippen molar-refractivity contribution in [2.75, 3.05) is 39.9 Å². The van der Waals surface area contributed by atoms with E-state index in [1.165, 1.54) is 4.57 Å². The van der Waals surface area contributed by atoms with Crippen LogP contribution < -0.4 is 10.3 Å². The molecule has 8 heteroatoms. The third-order valence-electron chi connectivity index (χ3n) is 5.58. The largest absolute Gasteiger partial charge is 0.497 e. The summed E-state index contributed by atoms with van der Waals surface area (Å²) in [5.74, 6) is 0.437. The highest BCUT2D eigenvalue weighted by atomic mass is 16.6. The summed E-state index contributed by atoms with van der Waals surface area (Å²) in [6.45, 7) is 3.67. The second-order valence-electron chi connectivity index (χ2n) is 7.44. The van der Waals surface area contributed by atoms with Crippen molar-refractivity contribution in [3.8, 4) is 11.4 Å². The normalized spacial score (nSPS) is 13.8. The topological polar surface area (TPSA) is 81.1 Å². The van der Waals surface area contributed by atoms with Crippen LogP contribution in [0.15, 0.2) is 59.5 Å². The van der Waals surface area contributed by atoms with Gasteiger partial charge in [-0.15, -0.1) is 0 Å². The van der Waals surface area contributed by atoms with E-state index < -0.39 is 0 Å². The number of pyridine rings is 1. The minimum atomic E-state index is -0.364. The first-order chi connectivity index (χ1) is 15.5. The van der Waals surface area contributed by atoms with E-state index in [4.69, 9.17) is 9.47 Å². The van der Waals surface area contributed by atoms with Crippen molar-refractivity contribution in [3.63, 3.8) is 0 Å². The Morgan fingerprint density at radius 2 is 1.62 bits per heavy atom. The van der Waals surface area contributed by atoms with E-state index in [0.717, 1.165) is 0 Å². The second-order valence-corrected chi connectivity index (χ2v) is 7.44. The Labute approximate surface area is 185 Å². The molecule has 3 aromatic rings. The number of aromatic nitrogens is 1. The number of ether oxygens (including phenoxy) is 2. The molecule has 0 N–H and O–H groups in total. The fourth-order valence-corrected chi connectivity index (χ4v) is 3.89. The quantitative estimate of drug-likeness (QED) is 0.630. The highest BCUT2D eigenvalue weighted by Gasteiger charge is 2.27. The van der Waals surface area contributed by atoms with Crippen molar-refractivity contribution in [1.82, 2.24) is 14.4 Å². The van der Waals surface area contributed by atoms with Crippen molar-refractivity contribution in [1.29, 1.82) is 0 Å². The van der Waals surface area contributed by atoms with Gasteiger partial charge in [0.2, 0.25) is 0 Å². The van der Waals surface area contributed by atoms with Crippen LogP contribution in [0.2, 0.25) is 0 Å². The number of piperazine rings is 1. The molecule has 1 aliphatic heterocycles. The molecular formula is C24H25N3O5. The number of hydrogen-bond acceptors (Lipinski definition) is 5. The summed E-state index contributed by atoms with van der Waals surface area (Å²) >= 11 is 0. The summed E-state index contributed by atoms with van der Waals surface area (Å²) in [5.41, 5.74) is 0.839. The van der Waals surface area contributed by atoms with Gasteiger partial charge in [0.1, 0.15) is 5.75 Å². The Balaban J connectivity index is 1.71. The molecule has 2 aromatic carbocycles. The van der Waals surface area contributed by atoms with Gasteiger partial charge in [-0.1, -0.05) is 24.3 Å². The Morgan fingerprint density at radius 3 is 2.31 bits per heavy atom. The predicted octanol–water partition coefficient (Wildman–Crippen LogP) is 2.91. The van der Waals surface area contributed by atoms with Crippen LogP contribution in [0, 0.1) is 0 Å². The molecule has 8 nitrogen and oxygen atoms in total. The third kappa shape index (κ3) is 4.03. The summed E-state index contributed by atoms with van der Waals surface area (Å²) in [7, 11) is 1.56. The average molecular weight is 435 g/mol. The SMILES string of the molecule is CCOC(=O)N1CCN(C(=O)c2cn(-c3cccc(OC)c3)c(=O)c3ccccc23)CC1. The summed E-state index contributed by atoms with van der Waals surface area (Å²) in [6.07, 6.45) is 1.23. The van der Waals surface area contributed by atoms with E-state index >= 15 is 0 Å². The van der Waals surface area contributed by atoms with Gasteiger partial charge in [0.05, 0.1) is 25.0 Å². The van der Waals surface area contributed by atoms with Crippen molar-refractivity contribution in [2.45, 2.75) is 6.92 Å². The number of carbonyl (C=O) groups excluding carboxylic acids is 2. The first kappa shape index (κ1) is 21.4. The molecular weight excluding hydrogens is 410 g/mol. The van der Waals surface area contributed by atoms with E-state index in [1.807, 2.05) is 6.07 Å². The van der Waals surface area contributed by atoms with Crippen LogP contribution in [0.4, 0.5) is 4.79 Å². The molecule has 0 unspecified atom stereocenters. The van der Waals surface area contributed by atoms with Crippen LogP contribution in [0.5, 0.6) is 5.75 Å². The van der Waals surface area contributed by atoms with Crippen LogP contribution in [0.3, 0.4) is 0 Å². The van der Waals surface area contributed by atoms with Gasteiger partial charge < -0.3 is 19.3 Å². The van der Waals surface area contributed by atoms with Crippen molar-refractivity contribution >= 4 is 22.8 Å². The lowest BCUT2D eigenvalue weighted by Gasteiger charge is -2.34. The predicted molar refractivity (Wildman–Crippen MR) is 121 cm³/mol. The Morgan fingerprint density at radius 1 is 0.938 bits per heavy atom. The summed E-state index contributed by atoms with van der Waals surface area (Å²) in [4.78, 5) is 42.0. The van der Waals surface area contributed by atoms with E-state index in [1.54, 1.807) is 72.5 Å². The van der Waals surface area contributed by atoms with Gasteiger partial charge in [-0.2, -0.15) is 0 Å². The van der Waals surface area contributed by atoms with Crippen LogP contribution in [0.1, 0.15) is 17.3 Å². The Kier molecular flexibility index (Phi) is 6.11. The maximum absolute atomic E-state index is 13.5. The highest BCUT2D eigenvalue weighted by Crippen LogP contribution is 2.22. The second kappa shape index (κ2) is 9.13. The molecule has 1 aliphatic rings. The highest BCUT2D eigenvalue weighted by molar-refractivity contribution is 6.06. The molecule has 2 amide bonds. The molecule has 0 radical (unpaired) electrons. The minimum Gasteiger partial charge on any atom is -0.497 e. The van der Waals surface area contributed by atoms with Gasteiger partial charge >= 0.3 is 6.09 Å². The molecule has 2 heterocycles. The zero-order valence-electron chi connectivity index (χ0n) is 18.1. The number of nitrogens with zero attached hydrogens (tertiary/aromatic N) is 3. The third-order valence-corrected chi connectivity index (χ3v) is 5.58. The zero-order chi connectivity index (χ0) is 22.7. The van der Waals surface area contributed by atoms with E-state index in [2.05, 4.69) is 0 Å². The molecule has 0 saturated carbocycles. The van der Waals surface area contributed by atoms with Crippen LogP contribution in [-0.2, 0) is 4.74 Å². The van der Waals surface area contributed by atoms with Crippen molar-refractivity contribution in [3.05, 3.63) is 70.6 Å². The lowest BCUT2D eigenvalue weighted by molar-refractivity contribution is 0.0571. The van der Waals surface area contributed by atoms with Gasteiger partial charge in [0.15, 0.2) is 0 Å². The minimum absolute atomic E-state index is 0.179. The fraction of sp³-hybridized carbons (Fsp3) is 0.292. The summed E-state index contributed by atoms with van der Waals surface area (Å²) < 4.78 is 11.8. The standard InChI is InChI=1S/C24H25N3O5/c1-3-32-24(30)26-13-11-25(12-14-26)22(28)21-16-27(17-7-6-8-18(15-17)31-2)23(29)20-10-5-4-9-19(20)21/h4-10,15-16H,3,11-14H2,1-2H3. The van der Waals surface area contributed by atoms with E-state index in [-0.39, 0.29) is 17.6 Å². The van der Waals surface area contributed by atoms with Gasteiger partial charge in [0.25, 0.3) is 11.5 Å². The number of hydrogen-bond donors (Lipinski definition) is 0. The van der Waals surface area contributed by atoms with Crippen LogP contribution in [-0.4, -0.2) is 66.3 Å². The number of rotatable bonds is 4. The Bertz CT molecular complexity index is 1210. The van der Waals surface area contributed by atoms with E-state index in [0.29, 0.717) is 60.6 Å². The molecule has 32 heavy (non-hydrogen) atoms. The zero-order valence-corrected chi connectivity index (χ0v) is 18.1. The fourth-order valence-electron chi connectivity index (χ4n) is 3.89. The maximum atomic E-state index is 13.5. The molecule has 0 spiro atoms. The first-order valence-corrected chi connectivity index (χ1v) is 10.5. The number of methoxy groups -OCH3 is 1. The molecule has 4 rings (SSSR count). The molecule has 0 bridgehead atoms. The number of carbonyl (C=O) groups is 2. The van der Waals surface area contributed by atoms with Crippen LogP contribution in [0.25, 0.3) is 16.5 Å². The Hall–Kier alpha value is -3.81.